The number of hydrogen-bond donors (Lipinski definition) is 1. The van der Waals surface area contributed by atoms with Crippen LogP contribution in [0.5, 0.6) is 5.75 Å². The lowest BCUT2D eigenvalue weighted by Crippen LogP contribution is -2.45. The molecule has 0 bridgehead atoms. The van der Waals surface area contributed by atoms with Gasteiger partial charge in [-0.15, -0.1) is 0 Å². The Hall–Kier alpha value is -1.60. The van der Waals surface area contributed by atoms with Crippen LogP contribution in [0.1, 0.15) is 37.8 Å². The molecule has 0 aromatic heterocycles. The molecule has 1 aliphatic heterocycles. The molecular weight excluding hydrogens is 328 g/mol. The maximum Gasteiger partial charge on any atom is 0.224 e. The van der Waals surface area contributed by atoms with Gasteiger partial charge in [0.25, 0.3) is 0 Å². The van der Waals surface area contributed by atoms with Crippen molar-refractivity contribution in [2.45, 2.75) is 32.2 Å². The molecule has 1 aromatic carbocycles. The lowest BCUT2D eigenvalue weighted by Gasteiger charge is -2.31. The van der Waals surface area contributed by atoms with Gasteiger partial charge in [0.2, 0.25) is 15.9 Å². The normalized spacial score (nSPS) is 20.4. The van der Waals surface area contributed by atoms with Crippen LogP contribution < -0.4 is 10.1 Å². The summed E-state index contributed by atoms with van der Waals surface area (Å²) in [4.78, 5) is 12.6. The lowest BCUT2D eigenvalue weighted by molar-refractivity contribution is -0.126. The standard InChI is InChI=1S/C17H26N2O4S/c1-4-16(13-7-9-15(23-2)10-8-13)18-17(20)14-6-5-11-19(12-14)24(3,21)22/h7-10,14,16H,4-6,11-12H2,1-3H3,(H,18,20). The van der Waals surface area contributed by atoms with E-state index >= 15 is 0 Å². The summed E-state index contributed by atoms with van der Waals surface area (Å²) in [5, 5.41) is 3.06. The summed E-state index contributed by atoms with van der Waals surface area (Å²) in [6, 6.07) is 7.54. The Kier molecular flexibility index (Phi) is 6.23. The Morgan fingerprint density at radius 2 is 2.04 bits per heavy atom. The molecule has 1 heterocycles. The Bertz CT molecular complexity index is 658. The second-order valence-electron chi connectivity index (χ2n) is 6.20. The third-order valence-corrected chi connectivity index (χ3v) is 5.74. The number of hydrogen-bond acceptors (Lipinski definition) is 4. The van der Waals surface area contributed by atoms with Gasteiger partial charge in [-0.3, -0.25) is 4.79 Å². The van der Waals surface area contributed by atoms with E-state index < -0.39 is 10.0 Å². The van der Waals surface area contributed by atoms with Crippen molar-refractivity contribution in [2.24, 2.45) is 5.92 Å². The van der Waals surface area contributed by atoms with Gasteiger partial charge in [0.05, 0.1) is 25.3 Å². The molecule has 0 spiro atoms. The number of amides is 1. The predicted molar refractivity (Wildman–Crippen MR) is 93.3 cm³/mol. The first-order valence-electron chi connectivity index (χ1n) is 8.24. The number of rotatable bonds is 6. The van der Waals surface area contributed by atoms with Crippen LogP contribution >= 0.6 is 0 Å². The van der Waals surface area contributed by atoms with Crippen molar-refractivity contribution in [3.63, 3.8) is 0 Å². The molecule has 2 atom stereocenters. The van der Waals surface area contributed by atoms with Gasteiger partial charge in [0, 0.05) is 13.1 Å². The van der Waals surface area contributed by atoms with Gasteiger partial charge in [-0.05, 0) is 37.0 Å². The Balaban J connectivity index is 2.03. The van der Waals surface area contributed by atoms with Gasteiger partial charge in [0.15, 0.2) is 0 Å². The van der Waals surface area contributed by atoms with E-state index in [-0.39, 0.29) is 24.4 Å². The number of sulfonamides is 1. The number of nitrogens with one attached hydrogen (secondary N) is 1. The molecule has 2 rings (SSSR count). The summed E-state index contributed by atoms with van der Waals surface area (Å²) in [7, 11) is -1.63. The zero-order valence-electron chi connectivity index (χ0n) is 14.5. The second-order valence-corrected chi connectivity index (χ2v) is 8.19. The lowest BCUT2D eigenvalue weighted by atomic mass is 9.97. The van der Waals surface area contributed by atoms with E-state index in [2.05, 4.69) is 5.32 Å². The molecule has 24 heavy (non-hydrogen) atoms. The molecular formula is C17H26N2O4S. The van der Waals surface area contributed by atoms with Gasteiger partial charge in [-0.2, -0.15) is 0 Å². The molecule has 1 aromatic rings. The molecule has 134 valence electrons. The van der Waals surface area contributed by atoms with Crippen LogP contribution in [0.4, 0.5) is 0 Å². The van der Waals surface area contributed by atoms with Crippen LogP contribution in [0.3, 0.4) is 0 Å². The largest absolute Gasteiger partial charge is 0.497 e. The molecule has 6 nitrogen and oxygen atoms in total. The number of nitrogens with zero attached hydrogens (tertiary/aromatic N) is 1. The van der Waals surface area contributed by atoms with E-state index in [1.54, 1.807) is 7.11 Å². The highest BCUT2D eigenvalue weighted by molar-refractivity contribution is 7.88. The average Bonchev–Trinajstić information content (AvgIpc) is 2.59. The van der Waals surface area contributed by atoms with Crippen molar-refractivity contribution in [3.05, 3.63) is 29.8 Å². The van der Waals surface area contributed by atoms with Crippen molar-refractivity contribution in [1.82, 2.24) is 9.62 Å². The number of methoxy groups -OCH3 is 1. The first-order chi connectivity index (χ1) is 11.3. The van der Waals surface area contributed by atoms with Gasteiger partial charge < -0.3 is 10.1 Å². The first kappa shape index (κ1) is 18.7. The van der Waals surface area contributed by atoms with E-state index in [1.807, 2.05) is 31.2 Å². The maximum atomic E-state index is 12.6. The fraction of sp³-hybridized carbons (Fsp3) is 0.588. The van der Waals surface area contributed by atoms with Gasteiger partial charge >= 0.3 is 0 Å². The topological polar surface area (TPSA) is 75.7 Å². The van der Waals surface area contributed by atoms with Crippen LogP contribution in [0.2, 0.25) is 0 Å². The number of carbonyl (C=O) groups excluding carboxylic acids is 1. The monoisotopic (exact) mass is 354 g/mol. The highest BCUT2D eigenvalue weighted by Crippen LogP contribution is 2.23. The fourth-order valence-corrected chi connectivity index (χ4v) is 3.92. The van der Waals surface area contributed by atoms with Crippen molar-refractivity contribution in [2.75, 3.05) is 26.5 Å². The smallest absolute Gasteiger partial charge is 0.224 e. The predicted octanol–water partition coefficient (Wildman–Crippen LogP) is 1.93. The Morgan fingerprint density at radius 3 is 2.58 bits per heavy atom. The fourth-order valence-electron chi connectivity index (χ4n) is 3.00. The molecule has 0 saturated carbocycles. The van der Waals surface area contributed by atoms with Crippen LogP contribution in [0, 0.1) is 5.92 Å². The summed E-state index contributed by atoms with van der Waals surface area (Å²) in [6.07, 6.45) is 3.39. The molecule has 2 unspecified atom stereocenters. The summed E-state index contributed by atoms with van der Waals surface area (Å²) in [5.74, 6) is 0.405. The van der Waals surface area contributed by atoms with Crippen molar-refractivity contribution in [1.29, 1.82) is 0 Å². The Labute approximate surface area is 144 Å². The van der Waals surface area contributed by atoms with Crippen molar-refractivity contribution < 1.29 is 17.9 Å². The van der Waals surface area contributed by atoms with Gasteiger partial charge in [0.1, 0.15) is 5.75 Å². The van der Waals surface area contributed by atoms with Gasteiger partial charge in [-0.25, -0.2) is 12.7 Å². The molecule has 0 aliphatic carbocycles. The number of ether oxygens (including phenoxy) is 1. The van der Waals surface area contributed by atoms with E-state index in [0.717, 1.165) is 24.2 Å². The van der Waals surface area contributed by atoms with E-state index in [4.69, 9.17) is 4.74 Å². The Morgan fingerprint density at radius 1 is 1.38 bits per heavy atom. The summed E-state index contributed by atoms with van der Waals surface area (Å²) >= 11 is 0. The first-order valence-corrected chi connectivity index (χ1v) is 10.1. The number of carbonyl (C=O) groups is 1. The van der Waals surface area contributed by atoms with Crippen LogP contribution in [0.25, 0.3) is 0 Å². The van der Waals surface area contributed by atoms with Crippen molar-refractivity contribution in [3.8, 4) is 5.75 Å². The SMILES string of the molecule is CCC(NC(=O)C1CCCN(S(C)(=O)=O)C1)c1ccc(OC)cc1. The van der Waals surface area contributed by atoms with Crippen molar-refractivity contribution >= 4 is 15.9 Å². The number of piperidine rings is 1. The second kappa shape index (κ2) is 7.98. The van der Waals surface area contributed by atoms with Crippen LogP contribution in [-0.4, -0.2) is 45.1 Å². The van der Waals surface area contributed by atoms with Gasteiger partial charge in [-0.1, -0.05) is 19.1 Å². The van der Waals surface area contributed by atoms with E-state index in [0.29, 0.717) is 13.0 Å². The van der Waals surface area contributed by atoms with E-state index in [9.17, 15) is 13.2 Å². The zero-order valence-corrected chi connectivity index (χ0v) is 15.3. The highest BCUT2D eigenvalue weighted by Gasteiger charge is 2.31. The molecule has 1 saturated heterocycles. The summed E-state index contributed by atoms with van der Waals surface area (Å²) in [6.45, 7) is 2.78. The zero-order chi connectivity index (χ0) is 17.7. The molecule has 1 fully saturated rings. The van der Waals surface area contributed by atoms with Crippen LogP contribution in [-0.2, 0) is 14.8 Å². The summed E-state index contributed by atoms with van der Waals surface area (Å²) < 4.78 is 29.9. The van der Waals surface area contributed by atoms with E-state index in [1.165, 1.54) is 10.6 Å². The molecule has 1 aliphatic rings. The third kappa shape index (κ3) is 4.70. The maximum absolute atomic E-state index is 12.6. The molecule has 1 N–H and O–H groups in total. The molecule has 0 radical (unpaired) electrons. The quantitative estimate of drug-likeness (QED) is 0.847. The minimum absolute atomic E-state index is 0.0778. The summed E-state index contributed by atoms with van der Waals surface area (Å²) in [5.41, 5.74) is 1.02. The minimum Gasteiger partial charge on any atom is -0.497 e. The minimum atomic E-state index is -3.25. The molecule has 7 heteroatoms. The average molecular weight is 354 g/mol. The third-order valence-electron chi connectivity index (χ3n) is 4.47. The molecule has 1 amide bonds. The number of benzene rings is 1. The van der Waals surface area contributed by atoms with Crippen LogP contribution in [0.15, 0.2) is 24.3 Å². The highest BCUT2D eigenvalue weighted by atomic mass is 32.2.